The molecule has 0 fully saturated rings. The van der Waals surface area contributed by atoms with E-state index in [1.165, 1.54) is 4.90 Å². The number of imide groups is 1. The van der Waals surface area contributed by atoms with Crippen molar-refractivity contribution in [1.29, 1.82) is 0 Å². The van der Waals surface area contributed by atoms with Crippen molar-refractivity contribution in [2.24, 2.45) is 0 Å². The Morgan fingerprint density at radius 2 is 1.55 bits per heavy atom. The smallest absolute Gasteiger partial charge is 0.262 e. The first-order valence-corrected chi connectivity index (χ1v) is 6.79. The topological polar surface area (TPSA) is 46.6 Å². The van der Waals surface area contributed by atoms with Crippen molar-refractivity contribution in [3.8, 4) is 17.6 Å². The Kier molecular flexibility index (Phi) is 3.63. The second kappa shape index (κ2) is 5.74. The van der Waals surface area contributed by atoms with E-state index in [1.54, 1.807) is 31.4 Å². The number of methoxy groups -OCH3 is 1. The molecule has 0 bridgehead atoms. The highest BCUT2D eigenvalue weighted by molar-refractivity contribution is 6.21. The molecule has 2 amide bonds. The number of amides is 2. The van der Waals surface area contributed by atoms with E-state index in [0.717, 1.165) is 11.3 Å². The summed E-state index contributed by atoms with van der Waals surface area (Å²) in [6, 6.07) is 14.1. The number of nitrogens with zero attached hydrogens (tertiary/aromatic N) is 1. The van der Waals surface area contributed by atoms with Gasteiger partial charge in [-0.3, -0.25) is 14.5 Å². The zero-order valence-electron chi connectivity index (χ0n) is 12.0. The van der Waals surface area contributed by atoms with Gasteiger partial charge in [0.25, 0.3) is 11.8 Å². The quantitative estimate of drug-likeness (QED) is 0.630. The minimum absolute atomic E-state index is 0.0817. The molecule has 3 rings (SSSR count). The van der Waals surface area contributed by atoms with Gasteiger partial charge in [-0.15, -0.1) is 0 Å². The summed E-state index contributed by atoms with van der Waals surface area (Å²) in [5, 5.41) is 0. The molecule has 0 atom stereocenters. The molecule has 2 aromatic rings. The van der Waals surface area contributed by atoms with E-state index in [9.17, 15) is 9.59 Å². The van der Waals surface area contributed by atoms with Gasteiger partial charge in [0, 0.05) is 5.56 Å². The molecular weight excluding hydrogens is 278 g/mol. The molecule has 22 heavy (non-hydrogen) atoms. The Hall–Kier alpha value is -3.06. The van der Waals surface area contributed by atoms with Crippen LogP contribution in [-0.4, -0.2) is 30.4 Å². The van der Waals surface area contributed by atoms with Crippen molar-refractivity contribution >= 4 is 11.8 Å². The average molecular weight is 291 g/mol. The molecule has 1 heterocycles. The van der Waals surface area contributed by atoms with Crippen molar-refractivity contribution in [3.05, 3.63) is 65.2 Å². The normalized spacial score (nSPS) is 12.7. The van der Waals surface area contributed by atoms with Gasteiger partial charge < -0.3 is 4.74 Å². The van der Waals surface area contributed by atoms with Crippen molar-refractivity contribution in [2.75, 3.05) is 13.7 Å². The van der Waals surface area contributed by atoms with Gasteiger partial charge in [-0.1, -0.05) is 24.0 Å². The van der Waals surface area contributed by atoms with E-state index in [1.807, 2.05) is 24.3 Å². The molecular formula is C18H13NO3. The summed E-state index contributed by atoms with van der Waals surface area (Å²) in [5.41, 5.74) is 1.69. The minimum atomic E-state index is -0.287. The third kappa shape index (κ3) is 2.45. The fraction of sp³-hybridized carbons (Fsp3) is 0.111. The molecule has 0 spiro atoms. The summed E-state index contributed by atoms with van der Waals surface area (Å²) in [6.45, 7) is 0.0817. The highest BCUT2D eigenvalue weighted by Gasteiger charge is 2.34. The summed E-state index contributed by atoms with van der Waals surface area (Å²) in [4.78, 5) is 25.5. The van der Waals surface area contributed by atoms with Crippen LogP contribution in [0.2, 0.25) is 0 Å². The number of fused-ring (bicyclic) bond motifs is 1. The van der Waals surface area contributed by atoms with E-state index in [4.69, 9.17) is 4.74 Å². The van der Waals surface area contributed by atoms with Gasteiger partial charge in [0.15, 0.2) is 0 Å². The SMILES string of the molecule is COc1ccc(C#CCN2C(=O)c3ccccc3C2=O)cc1. The van der Waals surface area contributed by atoms with E-state index in [-0.39, 0.29) is 18.4 Å². The van der Waals surface area contributed by atoms with Gasteiger partial charge in [-0.25, -0.2) is 0 Å². The van der Waals surface area contributed by atoms with E-state index in [2.05, 4.69) is 11.8 Å². The molecule has 4 nitrogen and oxygen atoms in total. The van der Waals surface area contributed by atoms with Crippen molar-refractivity contribution in [3.63, 3.8) is 0 Å². The zero-order chi connectivity index (χ0) is 15.5. The predicted molar refractivity (Wildman–Crippen MR) is 81.7 cm³/mol. The maximum absolute atomic E-state index is 12.2. The molecule has 0 aliphatic carbocycles. The monoisotopic (exact) mass is 291 g/mol. The van der Waals surface area contributed by atoms with Crippen LogP contribution in [0.25, 0.3) is 0 Å². The number of rotatable bonds is 2. The Labute approximate surface area is 128 Å². The molecule has 1 aliphatic rings. The molecule has 0 aromatic heterocycles. The third-order valence-corrected chi connectivity index (χ3v) is 3.44. The van der Waals surface area contributed by atoms with Gasteiger partial charge in [0.1, 0.15) is 5.75 Å². The molecule has 0 unspecified atom stereocenters. The lowest BCUT2D eigenvalue weighted by Gasteiger charge is -2.08. The molecule has 4 heteroatoms. The molecule has 2 aromatic carbocycles. The number of hydrogen-bond acceptors (Lipinski definition) is 3. The number of carbonyl (C=O) groups excluding carboxylic acids is 2. The molecule has 0 N–H and O–H groups in total. The first-order valence-electron chi connectivity index (χ1n) is 6.79. The highest BCUT2D eigenvalue weighted by Crippen LogP contribution is 2.21. The molecule has 1 aliphatic heterocycles. The number of ether oxygens (including phenoxy) is 1. The van der Waals surface area contributed by atoms with Crippen LogP contribution < -0.4 is 4.74 Å². The van der Waals surface area contributed by atoms with Crippen LogP contribution in [0.3, 0.4) is 0 Å². The summed E-state index contributed by atoms with van der Waals surface area (Å²) >= 11 is 0. The first kappa shape index (κ1) is 13.9. The number of hydrogen-bond donors (Lipinski definition) is 0. The highest BCUT2D eigenvalue weighted by atomic mass is 16.5. The lowest BCUT2D eigenvalue weighted by molar-refractivity contribution is 0.0675. The summed E-state index contributed by atoms with van der Waals surface area (Å²) in [7, 11) is 1.60. The Bertz CT molecular complexity index is 762. The summed E-state index contributed by atoms with van der Waals surface area (Å²) < 4.78 is 5.07. The van der Waals surface area contributed by atoms with E-state index in [0.29, 0.717) is 11.1 Å². The second-order valence-corrected chi connectivity index (χ2v) is 4.77. The van der Waals surface area contributed by atoms with Crippen molar-refractivity contribution in [2.45, 2.75) is 0 Å². The standard InChI is InChI=1S/C18H13NO3/c1-22-14-10-8-13(9-11-14)5-4-12-19-17(20)15-6-2-3-7-16(15)18(19)21/h2-3,6-11H,12H2,1H3. The first-order chi connectivity index (χ1) is 10.7. The average Bonchev–Trinajstić information content (AvgIpc) is 2.81. The zero-order valence-corrected chi connectivity index (χ0v) is 12.0. The van der Waals surface area contributed by atoms with Crippen molar-refractivity contribution < 1.29 is 14.3 Å². The Morgan fingerprint density at radius 1 is 0.955 bits per heavy atom. The fourth-order valence-corrected chi connectivity index (χ4v) is 2.28. The van der Waals surface area contributed by atoms with E-state index >= 15 is 0 Å². The molecule has 108 valence electrons. The van der Waals surface area contributed by atoms with Gasteiger partial charge in [0.2, 0.25) is 0 Å². The predicted octanol–water partition coefficient (Wildman–Crippen LogP) is 2.34. The fourth-order valence-electron chi connectivity index (χ4n) is 2.28. The second-order valence-electron chi connectivity index (χ2n) is 4.77. The van der Waals surface area contributed by atoms with Crippen LogP contribution >= 0.6 is 0 Å². The van der Waals surface area contributed by atoms with Crippen LogP contribution in [0.5, 0.6) is 5.75 Å². The Morgan fingerprint density at radius 3 is 2.09 bits per heavy atom. The lowest BCUT2D eigenvalue weighted by atomic mass is 10.1. The lowest BCUT2D eigenvalue weighted by Crippen LogP contribution is -2.29. The van der Waals surface area contributed by atoms with E-state index < -0.39 is 0 Å². The van der Waals surface area contributed by atoms with Crippen LogP contribution in [0, 0.1) is 11.8 Å². The molecule has 0 saturated carbocycles. The third-order valence-electron chi connectivity index (χ3n) is 3.44. The largest absolute Gasteiger partial charge is 0.497 e. The summed E-state index contributed by atoms with van der Waals surface area (Å²) in [5.74, 6) is 5.99. The minimum Gasteiger partial charge on any atom is -0.497 e. The number of benzene rings is 2. The van der Waals surface area contributed by atoms with Gasteiger partial charge in [-0.05, 0) is 36.4 Å². The summed E-state index contributed by atoms with van der Waals surface area (Å²) in [6.07, 6.45) is 0. The van der Waals surface area contributed by atoms with Crippen LogP contribution in [0.4, 0.5) is 0 Å². The molecule has 0 saturated heterocycles. The maximum Gasteiger partial charge on any atom is 0.262 e. The number of carbonyl (C=O) groups is 2. The molecule has 0 radical (unpaired) electrons. The van der Waals surface area contributed by atoms with Gasteiger partial charge in [0.05, 0.1) is 24.8 Å². The van der Waals surface area contributed by atoms with Gasteiger partial charge in [-0.2, -0.15) is 0 Å². The van der Waals surface area contributed by atoms with Crippen molar-refractivity contribution in [1.82, 2.24) is 4.90 Å². The van der Waals surface area contributed by atoms with Crippen LogP contribution in [0.1, 0.15) is 26.3 Å². The Balaban J connectivity index is 1.74. The van der Waals surface area contributed by atoms with Gasteiger partial charge >= 0.3 is 0 Å². The van der Waals surface area contributed by atoms with Crippen LogP contribution in [0.15, 0.2) is 48.5 Å². The van der Waals surface area contributed by atoms with Crippen LogP contribution in [-0.2, 0) is 0 Å². The maximum atomic E-state index is 12.2.